The van der Waals surface area contributed by atoms with Gasteiger partial charge in [0.1, 0.15) is 11.5 Å². The van der Waals surface area contributed by atoms with Gasteiger partial charge in [-0.25, -0.2) is 17.3 Å². The maximum atomic E-state index is 13.5. The lowest BCUT2D eigenvalue weighted by Gasteiger charge is -2.21. The topological polar surface area (TPSA) is 95.2 Å². The van der Waals surface area contributed by atoms with E-state index in [2.05, 4.69) is 5.10 Å². The molecule has 4 rings (SSSR count). The third kappa shape index (κ3) is 4.13. The molecule has 164 valence electrons. The van der Waals surface area contributed by atoms with E-state index in [0.717, 1.165) is 23.4 Å². The highest BCUT2D eigenvalue weighted by Crippen LogP contribution is 2.33. The van der Waals surface area contributed by atoms with Crippen LogP contribution in [0.5, 0.6) is 0 Å². The van der Waals surface area contributed by atoms with E-state index in [1.54, 1.807) is 36.2 Å². The molecule has 10 heteroatoms. The van der Waals surface area contributed by atoms with Crippen LogP contribution in [0.3, 0.4) is 0 Å². The van der Waals surface area contributed by atoms with Crippen LogP contribution in [0, 0.1) is 5.82 Å². The molecule has 0 spiro atoms. The van der Waals surface area contributed by atoms with Gasteiger partial charge in [0.2, 0.25) is 10.0 Å². The highest BCUT2D eigenvalue weighted by atomic mass is 32.2. The van der Waals surface area contributed by atoms with Crippen molar-refractivity contribution in [1.29, 1.82) is 0 Å². The number of halogens is 1. The molecule has 1 fully saturated rings. The third-order valence-electron chi connectivity index (χ3n) is 5.35. The van der Waals surface area contributed by atoms with Crippen molar-refractivity contribution in [1.82, 2.24) is 14.5 Å². The quantitative estimate of drug-likeness (QED) is 0.600. The average molecular weight is 447 g/mol. The first-order valence-electron chi connectivity index (χ1n) is 9.84. The van der Waals surface area contributed by atoms with Crippen molar-refractivity contribution >= 4 is 27.1 Å². The Balaban J connectivity index is 1.89. The van der Waals surface area contributed by atoms with E-state index in [-0.39, 0.29) is 25.1 Å². The van der Waals surface area contributed by atoms with Gasteiger partial charge in [-0.1, -0.05) is 0 Å². The summed E-state index contributed by atoms with van der Waals surface area (Å²) in [6.07, 6.45) is 4.45. The molecule has 0 unspecified atom stereocenters. The van der Waals surface area contributed by atoms with E-state index in [4.69, 9.17) is 0 Å². The predicted octanol–water partition coefficient (Wildman–Crippen LogP) is 2.13. The molecule has 31 heavy (non-hydrogen) atoms. The highest BCUT2D eigenvalue weighted by molar-refractivity contribution is 7.92. The monoisotopic (exact) mass is 446 g/mol. The second-order valence-electron chi connectivity index (χ2n) is 7.65. The van der Waals surface area contributed by atoms with E-state index < -0.39 is 15.8 Å². The van der Waals surface area contributed by atoms with E-state index in [1.807, 2.05) is 0 Å². The Morgan fingerprint density at radius 1 is 1.23 bits per heavy atom. The zero-order valence-electron chi connectivity index (χ0n) is 17.2. The highest BCUT2D eigenvalue weighted by Gasteiger charge is 2.33. The number of amides is 1. The van der Waals surface area contributed by atoms with Crippen molar-refractivity contribution in [2.75, 3.05) is 30.8 Å². The number of rotatable bonds is 7. The molecule has 1 aliphatic rings. The van der Waals surface area contributed by atoms with Gasteiger partial charge >= 0.3 is 0 Å². The van der Waals surface area contributed by atoms with Gasteiger partial charge in [0.05, 0.1) is 42.4 Å². The third-order valence-corrected chi connectivity index (χ3v) is 6.55. The fourth-order valence-corrected chi connectivity index (χ4v) is 4.49. The largest absolute Gasteiger partial charge is 0.394 e. The number of aliphatic hydroxyl groups excluding tert-OH is 1. The summed E-state index contributed by atoms with van der Waals surface area (Å²) < 4.78 is 40.3. The van der Waals surface area contributed by atoms with Crippen LogP contribution in [0.15, 0.2) is 42.6 Å². The summed E-state index contributed by atoms with van der Waals surface area (Å²) in [7, 11) is -1.88. The number of carbonyl (C=O) groups excluding carboxylic acids is 1. The molecule has 8 nitrogen and oxygen atoms in total. The van der Waals surface area contributed by atoms with Crippen molar-refractivity contribution in [3.63, 3.8) is 0 Å². The number of nitrogens with zero attached hydrogens (tertiary/aromatic N) is 4. The number of pyridine rings is 1. The molecule has 1 amide bonds. The molecule has 1 aromatic carbocycles. The van der Waals surface area contributed by atoms with Crippen LogP contribution in [-0.4, -0.2) is 66.4 Å². The number of fused-ring (bicyclic) bond motifs is 1. The number of aliphatic hydroxyl groups is 1. The summed E-state index contributed by atoms with van der Waals surface area (Å²) in [6, 6.07) is 9.12. The SMILES string of the molecule is CN(C(=O)c1c(-c2ccc(F)cc2)nn2cc(N(CCO)S(C)(=O)=O)ccc12)C1CC1. The zero-order valence-corrected chi connectivity index (χ0v) is 18.0. The summed E-state index contributed by atoms with van der Waals surface area (Å²) in [5, 5.41) is 13.8. The van der Waals surface area contributed by atoms with E-state index in [0.29, 0.717) is 28.0 Å². The molecule has 0 saturated heterocycles. The molecule has 0 bridgehead atoms. The van der Waals surface area contributed by atoms with Crippen molar-refractivity contribution in [2.45, 2.75) is 18.9 Å². The van der Waals surface area contributed by atoms with Gasteiger partial charge in [-0.2, -0.15) is 5.10 Å². The number of hydrogen-bond acceptors (Lipinski definition) is 5. The van der Waals surface area contributed by atoms with E-state index in [1.165, 1.54) is 22.8 Å². The fraction of sp³-hybridized carbons (Fsp3) is 0.333. The second-order valence-corrected chi connectivity index (χ2v) is 9.56. The molecule has 2 aromatic heterocycles. The first-order chi connectivity index (χ1) is 14.7. The number of sulfonamides is 1. The first kappa shape index (κ1) is 21.3. The van der Waals surface area contributed by atoms with Crippen LogP contribution in [-0.2, 0) is 10.0 Å². The standard InChI is InChI=1S/C21H23FN4O4S/c1-24(16-7-8-16)21(28)19-18-10-9-17(26(11-12-27)31(2,29)30)13-25(18)23-20(19)14-3-5-15(22)6-4-14/h3-6,9-10,13,16,27H,7-8,11-12H2,1-2H3. The Bertz CT molecular complexity index is 1240. The number of carbonyl (C=O) groups is 1. The molecular formula is C21H23FN4O4S. The van der Waals surface area contributed by atoms with Gasteiger partial charge in [-0.3, -0.25) is 9.10 Å². The minimum absolute atomic E-state index is 0.105. The Kier molecular flexibility index (Phi) is 5.44. The average Bonchev–Trinajstić information content (AvgIpc) is 3.50. The molecule has 3 aromatic rings. The molecule has 0 aliphatic heterocycles. The van der Waals surface area contributed by atoms with Gasteiger partial charge < -0.3 is 10.0 Å². The van der Waals surface area contributed by atoms with Gasteiger partial charge in [0, 0.05) is 18.7 Å². The number of anilines is 1. The van der Waals surface area contributed by atoms with Crippen molar-refractivity contribution in [3.05, 3.63) is 54.0 Å². The van der Waals surface area contributed by atoms with Gasteiger partial charge in [0.25, 0.3) is 5.91 Å². The number of hydrogen-bond donors (Lipinski definition) is 1. The lowest BCUT2D eigenvalue weighted by atomic mass is 10.1. The van der Waals surface area contributed by atoms with Gasteiger partial charge in [-0.15, -0.1) is 0 Å². The molecule has 2 heterocycles. The van der Waals surface area contributed by atoms with E-state index in [9.17, 15) is 22.7 Å². The number of aromatic nitrogens is 2. The summed E-state index contributed by atoms with van der Waals surface area (Å²) in [4.78, 5) is 15.0. The Morgan fingerprint density at radius 2 is 1.90 bits per heavy atom. The van der Waals surface area contributed by atoms with Crippen LogP contribution in [0.2, 0.25) is 0 Å². The molecular weight excluding hydrogens is 423 g/mol. The minimum atomic E-state index is -3.63. The molecule has 0 radical (unpaired) electrons. The van der Waals surface area contributed by atoms with Crippen LogP contribution >= 0.6 is 0 Å². The smallest absolute Gasteiger partial charge is 0.258 e. The summed E-state index contributed by atoms with van der Waals surface area (Å²) >= 11 is 0. The lowest BCUT2D eigenvalue weighted by Crippen LogP contribution is -2.32. The summed E-state index contributed by atoms with van der Waals surface area (Å²) in [5.74, 6) is -0.592. The Morgan fingerprint density at radius 3 is 2.48 bits per heavy atom. The first-order valence-corrected chi connectivity index (χ1v) is 11.7. The van der Waals surface area contributed by atoms with Crippen LogP contribution in [0.1, 0.15) is 23.2 Å². The molecule has 0 atom stereocenters. The normalized spacial score (nSPS) is 14.1. The Labute approximate surface area is 179 Å². The summed E-state index contributed by atoms with van der Waals surface area (Å²) in [5.41, 5.74) is 2.17. The maximum absolute atomic E-state index is 13.5. The Hall–Kier alpha value is -2.98. The maximum Gasteiger partial charge on any atom is 0.258 e. The second kappa shape index (κ2) is 7.93. The van der Waals surface area contributed by atoms with Crippen LogP contribution in [0.4, 0.5) is 10.1 Å². The lowest BCUT2D eigenvalue weighted by molar-refractivity contribution is 0.0787. The summed E-state index contributed by atoms with van der Waals surface area (Å²) in [6.45, 7) is -0.451. The van der Waals surface area contributed by atoms with Crippen molar-refractivity contribution < 1.29 is 22.7 Å². The van der Waals surface area contributed by atoms with Gasteiger partial charge in [0.15, 0.2) is 0 Å². The van der Waals surface area contributed by atoms with Crippen LogP contribution in [0.25, 0.3) is 16.8 Å². The zero-order chi connectivity index (χ0) is 22.3. The number of benzene rings is 1. The predicted molar refractivity (Wildman–Crippen MR) is 115 cm³/mol. The molecule has 1 saturated carbocycles. The van der Waals surface area contributed by atoms with Gasteiger partial charge in [-0.05, 0) is 49.2 Å². The molecule has 1 N–H and O–H groups in total. The minimum Gasteiger partial charge on any atom is -0.394 e. The van der Waals surface area contributed by atoms with Crippen LogP contribution < -0.4 is 4.31 Å². The van der Waals surface area contributed by atoms with Crippen molar-refractivity contribution in [3.8, 4) is 11.3 Å². The van der Waals surface area contributed by atoms with Crippen molar-refractivity contribution in [2.24, 2.45) is 0 Å². The molecule has 1 aliphatic carbocycles. The van der Waals surface area contributed by atoms with E-state index >= 15 is 0 Å². The fourth-order valence-electron chi connectivity index (χ4n) is 3.59.